The average molecular weight is 427 g/mol. The lowest BCUT2D eigenvalue weighted by atomic mass is 10.1. The first-order chi connectivity index (χ1) is 14.3. The van der Waals surface area contributed by atoms with Gasteiger partial charge in [0.25, 0.3) is 15.9 Å². The third kappa shape index (κ3) is 5.67. The van der Waals surface area contributed by atoms with Crippen LogP contribution < -0.4 is 10.0 Å². The van der Waals surface area contributed by atoms with Crippen LogP contribution in [0.5, 0.6) is 0 Å². The molecule has 0 aliphatic heterocycles. The van der Waals surface area contributed by atoms with E-state index in [9.17, 15) is 17.6 Å². The molecule has 3 aromatic rings. The summed E-state index contributed by atoms with van der Waals surface area (Å²) in [6.07, 6.45) is 1.39. The number of aryl methyl sites for hydroxylation is 2. The number of anilines is 1. The van der Waals surface area contributed by atoms with Gasteiger partial charge >= 0.3 is 0 Å². The van der Waals surface area contributed by atoms with Crippen LogP contribution in [0.1, 0.15) is 27.9 Å². The van der Waals surface area contributed by atoms with Gasteiger partial charge in [-0.15, -0.1) is 0 Å². The van der Waals surface area contributed by atoms with Crippen molar-refractivity contribution in [3.8, 4) is 0 Å². The number of carbonyl (C=O) groups is 1. The van der Waals surface area contributed by atoms with Gasteiger partial charge in [0.2, 0.25) is 0 Å². The van der Waals surface area contributed by atoms with Crippen molar-refractivity contribution in [2.24, 2.45) is 0 Å². The van der Waals surface area contributed by atoms with Crippen molar-refractivity contribution < 1.29 is 17.6 Å². The Labute approximate surface area is 176 Å². The Balaban J connectivity index is 1.60. The van der Waals surface area contributed by atoms with Crippen LogP contribution in [0.25, 0.3) is 0 Å². The minimum atomic E-state index is -3.82. The summed E-state index contributed by atoms with van der Waals surface area (Å²) in [5, 5.41) is 2.79. The molecule has 0 radical (unpaired) electrons. The fourth-order valence-electron chi connectivity index (χ4n) is 2.94. The molecule has 0 fully saturated rings. The quantitative estimate of drug-likeness (QED) is 0.528. The average Bonchev–Trinajstić information content (AvgIpc) is 2.74. The molecular weight excluding hydrogens is 403 g/mol. The molecule has 0 saturated carbocycles. The molecule has 3 rings (SSSR count). The van der Waals surface area contributed by atoms with E-state index in [1.807, 2.05) is 19.1 Å². The molecule has 0 aliphatic rings. The van der Waals surface area contributed by atoms with Crippen LogP contribution in [-0.2, 0) is 16.4 Å². The molecule has 3 aromatic carbocycles. The number of amides is 1. The van der Waals surface area contributed by atoms with Gasteiger partial charge in [0.15, 0.2) is 0 Å². The van der Waals surface area contributed by atoms with E-state index in [4.69, 9.17) is 0 Å². The van der Waals surface area contributed by atoms with E-state index in [1.165, 1.54) is 24.3 Å². The van der Waals surface area contributed by atoms with Crippen molar-refractivity contribution in [1.82, 2.24) is 5.32 Å². The van der Waals surface area contributed by atoms with Gasteiger partial charge in [0.1, 0.15) is 5.82 Å². The van der Waals surface area contributed by atoms with Gasteiger partial charge in [-0.05, 0) is 67.3 Å². The number of para-hydroxylation sites is 1. The molecule has 2 N–H and O–H groups in total. The van der Waals surface area contributed by atoms with E-state index in [0.717, 1.165) is 11.1 Å². The van der Waals surface area contributed by atoms with E-state index in [0.29, 0.717) is 25.1 Å². The molecule has 0 bridgehead atoms. The predicted molar refractivity (Wildman–Crippen MR) is 115 cm³/mol. The molecule has 0 aromatic heterocycles. The van der Waals surface area contributed by atoms with Crippen molar-refractivity contribution in [2.75, 3.05) is 11.3 Å². The lowest BCUT2D eigenvalue weighted by molar-refractivity contribution is 0.0953. The Kier molecular flexibility index (Phi) is 6.84. The van der Waals surface area contributed by atoms with Gasteiger partial charge in [-0.25, -0.2) is 12.8 Å². The van der Waals surface area contributed by atoms with Crippen molar-refractivity contribution in [3.05, 3.63) is 95.3 Å². The zero-order chi connectivity index (χ0) is 21.6. The number of hydrogen-bond donors (Lipinski definition) is 2. The zero-order valence-corrected chi connectivity index (χ0v) is 17.4. The van der Waals surface area contributed by atoms with Crippen LogP contribution in [0.4, 0.5) is 10.1 Å². The van der Waals surface area contributed by atoms with Gasteiger partial charge in [-0.3, -0.25) is 9.52 Å². The van der Waals surface area contributed by atoms with E-state index < -0.39 is 10.0 Å². The van der Waals surface area contributed by atoms with E-state index in [-0.39, 0.29) is 22.2 Å². The molecule has 0 spiro atoms. The maximum absolute atomic E-state index is 12.9. The van der Waals surface area contributed by atoms with Crippen LogP contribution in [0.2, 0.25) is 0 Å². The van der Waals surface area contributed by atoms with Crippen LogP contribution in [0.15, 0.2) is 77.7 Å². The first-order valence-corrected chi connectivity index (χ1v) is 11.0. The SMILES string of the molecule is Cc1ccccc1NS(=O)(=O)c1cccc(C(=O)NCCCc2ccc(F)cc2)c1. The number of rotatable bonds is 8. The molecule has 1 amide bonds. The summed E-state index contributed by atoms with van der Waals surface area (Å²) in [6, 6.07) is 19.2. The second-order valence-corrected chi connectivity index (χ2v) is 8.62. The Morgan fingerprint density at radius 2 is 1.70 bits per heavy atom. The molecule has 0 atom stereocenters. The second-order valence-electron chi connectivity index (χ2n) is 6.93. The monoisotopic (exact) mass is 426 g/mol. The highest BCUT2D eigenvalue weighted by atomic mass is 32.2. The Morgan fingerprint density at radius 3 is 2.43 bits per heavy atom. The minimum absolute atomic E-state index is 0.0183. The van der Waals surface area contributed by atoms with Gasteiger partial charge in [-0.1, -0.05) is 36.4 Å². The van der Waals surface area contributed by atoms with E-state index >= 15 is 0 Å². The molecular formula is C23H23FN2O3S. The summed E-state index contributed by atoms with van der Waals surface area (Å²) >= 11 is 0. The first-order valence-electron chi connectivity index (χ1n) is 9.56. The summed E-state index contributed by atoms with van der Waals surface area (Å²) in [6.45, 7) is 2.24. The molecule has 0 saturated heterocycles. The third-order valence-electron chi connectivity index (χ3n) is 4.64. The summed E-state index contributed by atoms with van der Waals surface area (Å²) in [4.78, 5) is 12.4. The van der Waals surface area contributed by atoms with Crippen molar-refractivity contribution >= 4 is 21.6 Å². The minimum Gasteiger partial charge on any atom is -0.352 e. The zero-order valence-electron chi connectivity index (χ0n) is 16.6. The number of hydrogen-bond acceptors (Lipinski definition) is 3. The van der Waals surface area contributed by atoms with Gasteiger partial charge in [0.05, 0.1) is 10.6 Å². The van der Waals surface area contributed by atoms with Crippen molar-refractivity contribution in [1.29, 1.82) is 0 Å². The van der Waals surface area contributed by atoms with Crippen molar-refractivity contribution in [3.63, 3.8) is 0 Å². The number of benzene rings is 3. The highest BCUT2D eigenvalue weighted by Gasteiger charge is 2.17. The Morgan fingerprint density at radius 1 is 0.967 bits per heavy atom. The normalized spacial score (nSPS) is 11.1. The number of nitrogens with one attached hydrogen (secondary N) is 2. The number of sulfonamides is 1. The molecule has 0 aliphatic carbocycles. The van der Waals surface area contributed by atoms with Crippen LogP contribution in [-0.4, -0.2) is 20.9 Å². The summed E-state index contributed by atoms with van der Waals surface area (Å²) in [7, 11) is -3.82. The molecule has 0 unspecified atom stereocenters. The van der Waals surface area contributed by atoms with Crippen LogP contribution in [0.3, 0.4) is 0 Å². The molecule has 7 heteroatoms. The molecule has 156 valence electrons. The van der Waals surface area contributed by atoms with Crippen LogP contribution >= 0.6 is 0 Å². The predicted octanol–water partition coefficient (Wildman–Crippen LogP) is 4.30. The third-order valence-corrected chi connectivity index (χ3v) is 6.00. The lowest BCUT2D eigenvalue weighted by Crippen LogP contribution is -2.25. The largest absolute Gasteiger partial charge is 0.352 e. The first kappa shape index (κ1) is 21.5. The Hall–Kier alpha value is -3.19. The fourth-order valence-corrected chi connectivity index (χ4v) is 4.12. The van der Waals surface area contributed by atoms with Gasteiger partial charge in [-0.2, -0.15) is 0 Å². The van der Waals surface area contributed by atoms with Gasteiger partial charge in [0, 0.05) is 12.1 Å². The lowest BCUT2D eigenvalue weighted by Gasteiger charge is -2.11. The smallest absolute Gasteiger partial charge is 0.261 e. The second kappa shape index (κ2) is 9.54. The summed E-state index contributed by atoms with van der Waals surface area (Å²) in [5.74, 6) is -0.624. The maximum atomic E-state index is 12.9. The van der Waals surface area contributed by atoms with Crippen molar-refractivity contribution in [2.45, 2.75) is 24.7 Å². The Bertz CT molecular complexity index is 1130. The summed E-state index contributed by atoms with van der Waals surface area (Å²) < 4.78 is 40.9. The van der Waals surface area contributed by atoms with Gasteiger partial charge < -0.3 is 5.32 Å². The highest BCUT2D eigenvalue weighted by molar-refractivity contribution is 7.92. The highest BCUT2D eigenvalue weighted by Crippen LogP contribution is 2.20. The summed E-state index contributed by atoms with van der Waals surface area (Å²) in [5.41, 5.74) is 2.55. The van der Waals surface area contributed by atoms with E-state index in [2.05, 4.69) is 10.0 Å². The van der Waals surface area contributed by atoms with Crippen LogP contribution in [0, 0.1) is 12.7 Å². The fraction of sp³-hybridized carbons (Fsp3) is 0.174. The topological polar surface area (TPSA) is 75.3 Å². The standard InChI is InChI=1S/C23H23FN2O3S/c1-17-6-2-3-10-22(17)26-30(28,29)21-9-4-8-19(16-21)23(27)25-15-5-7-18-11-13-20(24)14-12-18/h2-4,6,8-14,16,26H,5,7,15H2,1H3,(H,25,27). The number of halogens is 1. The maximum Gasteiger partial charge on any atom is 0.261 e. The molecule has 30 heavy (non-hydrogen) atoms. The molecule has 0 heterocycles. The number of carbonyl (C=O) groups excluding carboxylic acids is 1. The van der Waals surface area contributed by atoms with E-state index in [1.54, 1.807) is 36.4 Å². The molecule has 5 nitrogen and oxygen atoms in total.